The van der Waals surface area contributed by atoms with E-state index >= 15 is 0 Å². The minimum atomic E-state index is 0.0751. The smallest absolute Gasteiger partial charge is 0.227 e. The highest BCUT2D eigenvalue weighted by Crippen LogP contribution is 2.60. The van der Waals surface area contributed by atoms with Gasteiger partial charge in [-0.25, -0.2) is 0 Å². The molecule has 0 bridgehead atoms. The van der Waals surface area contributed by atoms with Crippen molar-refractivity contribution in [1.82, 2.24) is 9.88 Å². The van der Waals surface area contributed by atoms with E-state index in [1.54, 1.807) is 7.11 Å². The Kier molecular flexibility index (Phi) is 4.60. The summed E-state index contributed by atoms with van der Waals surface area (Å²) in [5.74, 6) is 1.66. The molecule has 1 fully saturated rings. The molecule has 4 heteroatoms. The van der Waals surface area contributed by atoms with Gasteiger partial charge >= 0.3 is 0 Å². The van der Waals surface area contributed by atoms with Crippen molar-refractivity contribution in [2.45, 2.75) is 34.1 Å². The standard InChI is InChI=1S/C24H30N2O2/c1-15(2)12-20-22(24(20,3)4)23(27)26-10-8-16(9-11-26)19-14-25-21-7-6-17(28-5)13-18(19)21/h6-8,12-14,20,22,25H,9-11H2,1-5H3/t20-,22-/m1/s1. The Hall–Kier alpha value is -2.49. The van der Waals surface area contributed by atoms with Crippen molar-refractivity contribution in [2.24, 2.45) is 17.3 Å². The summed E-state index contributed by atoms with van der Waals surface area (Å²) in [6.45, 7) is 10.1. The molecular formula is C24H30N2O2. The Morgan fingerprint density at radius 3 is 2.75 bits per heavy atom. The summed E-state index contributed by atoms with van der Waals surface area (Å²) in [6, 6.07) is 6.10. The van der Waals surface area contributed by atoms with Crippen molar-refractivity contribution in [3.63, 3.8) is 0 Å². The van der Waals surface area contributed by atoms with Gasteiger partial charge in [0.05, 0.1) is 13.0 Å². The summed E-state index contributed by atoms with van der Waals surface area (Å²) in [5.41, 5.74) is 5.00. The van der Waals surface area contributed by atoms with Crippen LogP contribution < -0.4 is 4.74 Å². The number of rotatable bonds is 4. The van der Waals surface area contributed by atoms with Gasteiger partial charge in [-0.3, -0.25) is 4.79 Å². The van der Waals surface area contributed by atoms with Crippen molar-refractivity contribution >= 4 is 22.4 Å². The number of hydrogen-bond donors (Lipinski definition) is 1. The molecule has 1 amide bonds. The van der Waals surface area contributed by atoms with Crippen LogP contribution in [0.2, 0.25) is 0 Å². The summed E-state index contributed by atoms with van der Waals surface area (Å²) in [6.07, 6.45) is 7.44. The number of methoxy groups -OCH3 is 1. The number of aromatic amines is 1. The first-order chi connectivity index (χ1) is 13.3. The van der Waals surface area contributed by atoms with Gasteiger partial charge in [-0.2, -0.15) is 0 Å². The predicted octanol–water partition coefficient (Wildman–Crippen LogP) is 5.03. The monoisotopic (exact) mass is 378 g/mol. The van der Waals surface area contributed by atoms with Gasteiger partial charge in [-0.15, -0.1) is 0 Å². The maximum Gasteiger partial charge on any atom is 0.227 e. The number of amides is 1. The fourth-order valence-electron chi connectivity index (χ4n) is 4.62. The molecule has 1 aromatic heterocycles. The lowest BCUT2D eigenvalue weighted by molar-refractivity contribution is -0.133. The van der Waals surface area contributed by atoms with E-state index in [2.05, 4.69) is 63.2 Å². The quantitative estimate of drug-likeness (QED) is 0.759. The van der Waals surface area contributed by atoms with Crippen LogP contribution in [0.25, 0.3) is 16.5 Å². The van der Waals surface area contributed by atoms with Gasteiger partial charge in [0.2, 0.25) is 5.91 Å². The summed E-state index contributed by atoms with van der Waals surface area (Å²) in [4.78, 5) is 18.5. The average molecular weight is 379 g/mol. The number of nitrogens with one attached hydrogen (secondary N) is 1. The minimum Gasteiger partial charge on any atom is -0.497 e. The molecule has 148 valence electrons. The van der Waals surface area contributed by atoms with Gasteiger partial charge in [-0.1, -0.05) is 31.6 Å². The molecular weight excluding hydrogens is 348 g/mol. The zero-order chi connectivity index (χ0) is 20.1. The molecule has 1 saturated carbocycles. The van der Waals surface area contributed by atoms with Crippen LogP contribution in [0.1, 0.15) is 39.7 Å². The Morgan fingerprint density at radius 2 is 2.11 bits per heavy atom. The van der Waals surface area contributed by atoms with Gasteiger partial charge in [0, 0.05) is 35.8 Å². The summed E-state index contributed by atoms with van der Waals surface area (Å²) in [5, 5.41) is 1.18. The third-order valence-electron chi connectivity index (χ3n) is 6.45. The van der Waals surface area contributed by atoms with Gasteiger partial charge < -0.3 is 14.6 Å². The molecule has 0 saturated heterocycles. The lowest BCUT2D eigenvalue weighted by Gasteiger charge is -2.27. The van der Waals surface area contributed by atoms with E-state index in [1.807, 2.05) is 11.0 Å². The molecule has 1 N–H and O–H groups in total. The van der Waals surface area contributed by atoms with Gasteiger partial charge in [0.15, 0.2) is 0 Å². The molecule has 2 aromatic rings. The lowest BCUT2D eigenvalue weighted by Crippen LogP contribution is -2.36. The zero-order valence-corrected chi connectivity index (χ0v) is 17.5. The van der Waals surface area contributed by atoms with Crippen molar-refractivity contribution in [3.8, 4) is 5.75 Å². The number of allylic oxidation sites excluding steroid dienone is 2. The van der Waals surface area contributed by atoms with Crippen molar-refractivity contribution in [1.29, 1.82) is 0 Å². The van der Waals surface area contributed by atoms with Crippen LogP contribution in [0.15, 0.2) is 42.1 Å². The number of nitrogens with zero attached hydrogens (tertiary/aromatic N) is 1. The third kappa shape index (κ3) is 3.15. The number of H-pyrrole nitrogens is 1. The molecule has 4 rings (SSSR count). The highest BCUT2D eigenvalue weighted by atomic mass is 16.5. The second-order valence-corrected chi connectivity index (χ2v) is 8.95. The van der Waals surface area contributed by atoms with E-state index in [9.17, 15) is 4.79 Å². The Labute approximate surface area is 167 Å². The Balaban J connectivity index is 1.51. The first-order valence-corrected chi connectivity index (χ1v) is 10.1. The van der Waals surface area contributed by atoms with Gasteiger partial charge in [-0.05, 0) is 55.4 Å². The zero-order valence-electron chi connectivity index (χ0n) is 17.5. The van der Waals surface area contributed by atoms with Crippen molar-refractivity contribution in [2.75, 3.05) is 20.2 Å². The molecule has 0 radical (unpaired) electrons. The van der Waals surface area contributed by atoms with Crippen LogP contribution >= 0.6 is 0 Å². The number of fused-ring (bicyclic) bond motifs is 1. The number of aromatic nitrogens is 1. The maximum atomic E-state index is 13.1. The molecule has 0 unspecified atom stereocenters. The van der Waals surface area contributed by atoms with Crippen molar-refractivity contribution in [3.05, 3.63) is 47.7 Å². The van der Waals surface area contributed by atoms with E-state index < -0.39 is 0 Å². The fraction of sp³-hybridized carbons (Fsp3) is 0.458. The number of carbonyl (C=O) groups is 1. The minimum absolute atomic E-state index is 0.0751. The topological polar surface area (TPSA) is 45.3 Å². The lowest BCUT2D eigenvalue weighted by atomic mass is 9.98. The predicted molar refractivity (Wildman–Crippen MR) is 114 cm³/mol. The van der Waals surface area contributed by atoms with E-state index in [0.29, 0.717) is 18.4 Å². The molecule has 2 aliphatic rings. The number of benzene rings is 1. The summed E-state index contributed by atoms with van der Waals surface area (Å²) >= 11 is 0. The molecule has 1 aliphatic carbocycles. The molecule has 1 aliphatic heterocycles. The molecule has 2 atom stereocenters. The second kappa shape index (κ2) is 6.84. The molecule has 0 spiro atoms. The number of ether oxygens (including phenoxy) is 1. The van der Waals surface area contributed by atoms with Gasteiger partial charge in [0.1, 0.15) is 5.75 Å². The molecule has 1 aromatic carbocycles. The molecule has 2 heterocycles. The summed E-state index contributed by atoms with van der Waals surface area (Å²) < 4.78 is 5.38. The van der Waals surface area contributed by atoms with Gasteiger partial charge in [0.25, 0.3) is 0 Å². The largest absolute Gasteiger partial charge is 0.497 e. The van der Waals surface area contributed by atoms with Crippen LogP contribution in [0.4, 0.5) is 0 Å². The van der Waals surface area contributed by atoms with E-state index in [1.165, 1.54) is 22.1 Å². The number of hydrogen-bond acceptors (Lipinski definition) is 2. The Morgan fingerprint density at radius 1 is 1.32 bits per heavy atom. The van der Waals surface area contributed by atoms with Crippen LogP contribution in [0, 0.1) is 17.3 Å². The average Bonchev–Trinajstić information content (AvgIpc) is 3.02. The van der Waals surface area contributed by atoms with Crippen LogP contribution in [-0.4, -0.2) is 36.0 Å². The second-order valence-electron chi connectivity index (χ2n) is 8.95. The normalized spacial score (nSPS) is 23.3. The first-order valence-electron chi connectivity index (χ1n) is 10.1. The summed E-state index contributed by atoms with van der Waals surface area (Å²) in [7, 11) is 1.69. The fourth-order valence-corrected chi connectivity index (χ4v) is 4.62. The third-order valence-corrected chi connectivity index (χ3v) is 6.45. The van der Waals surface area contributed by atoms with E-state index in [0.717, 1.165) is 24.2 Å². The van der Waals surface area contributed by atoms with E-state index in [4.69, 9.17) is 4.74 Å². The molecule has 4 nitrogen and oxygen atoms in total. The van der Waals surface area contributed by atoms with Crippen LogP contribution in [0.5, 0.6) is 5.75 Å². The van der Waals surface area contributed by atoms with Crippen LogP contribution in [-0.2, 0) is 4.79 Å². The molecule has 28 heavy (non-hydrogen) atoms. The van der Waals surface area contributed by atoms with E-state index in [-0.39, 0.29) is 11.3 Å². The Bertz CT molecular complexity index is 976. The SMILES string of the molecule is COc1ccc2[nH]cc(C3=CCN(C(=O)[C@H]4[C@@H](C=C(C)C)C4(C)C)CC3)c2c1. The highest BCUT2D eigenvalue weighted by Gasteiger charge is 2.61. The maximum absolute atomic E-state index is 13.1. The first kappa shape index (κ1) is 18.9. The van der Waals surface area contributed by atoms with Crippen molar-refractivity contribution < 1.29 is 9.53 Å². The van der Waals surface area contributed by atoms with Crippen LogP contribution in [0.3, 0.4) is 0 Å². The number of carbonyl (C=O) groups excluding carboxylic acids is 1. The highest BCUT2D eigenvalue weighted by molar-refractivity contribution is 5.94.